The Bertz CT molecular complexity index is 905. The van der Waals surface area contributed by atoms with Gasteiger partial charge >= 0.3 is 0 Å². The van der Waals surface area contributed by atoms with Crippen molar-refractivity contribution in [1.29, 1.82) is 0 Å². The molecule has 0 saturated heterocycles. The predicted octanol–water partition coefficient (Wildman–Crippen LogP) is 3.97. The van der Waals surface area contributed by atoms with Crippen LogP contribution in [0.3, 0.4) is 0 Å². The maximum absolute atomic E-state index is 4.92. The number of benzene rings is 2. The largest absolute Gasteiger partial charge is 0.357 e. The third-order valence-corrected chi connectivity index (χ3v) is 5.51. The Morgan fingerprint density at radius 1 is 0.967 bits per heavy atom. The maximum atomic E-state index is 4.92. The zero-order chi connectivity index (χ0) is 21.3. The fraction of sp³-hybridized carbons (Fsp3) is 0.360. The van der Waals surface area contributed by atoms with Crippen molar-refractivity contribution in [2.24, 2.45) is 12.0 Å². The highest BCUT2D eigenvalue weighted by atomic mass is 15.3. The second-order valence-electron chi connectivity index (χ2n) is 7.54. The van der Waals surface area contributed by atoms with E-state index in [1.165, 1.54) is 22.4 Å². The first-order valence-electron chi connectivity index (χ1n) is 10.7. The average Bonchev–Trinajstić information content (AvgIpc) is 3.01. The maximum Gasteiger partial charge on any atom is 0.191 e. The molecule has 2 N–H and O–H groups in total. The molecular weight excluding hydrogens is 370 g/mol. The SMILES string of the molecule is CCNC(=NCC(c1ccccc1)c1ccccc1)NCCc1c(C)nn(C)c1C. The van der Waals surface area contributed by atoms with Gasteiger partial charge in [0.25, 0.3) is 0 Å². The van der Waals surface area contributed by atoms with Crippen LogP contribution >= 0.6 is 0 Å². The van der Waals surface area contributed by atoms with Crippen LogP contribution in [0.25, 0.3) is 0 Å². The van der Waals surface area contributed by atoms with E-state index in [1.54, 1.807) is 0 Å². The minimum Gasteiger partial charge on any atom is -0.357 e. The topological polar surface area (TPSA) is 54.2 Å². The minimum atomic E-state index is 0.227. The van der Waals surface area contributed by atoms with Gasteiger partial charge in [0.05, 0.1) is 12.2 Å². The number of hydrogen-bond donors (Lipinski definition) is 2. The first-order valence-corrected chi connectivity index (χ1v) is 10.7. The molecule has 0 saturated carbocycles. The molecule has 158 valence electrons. The Labute approximate surface area is 180 Å². The first kappa shape index (κ1) is 21.6. The molecule has 1 aromatic heterocycles. The van der Waals surface area contributed by atoms with Gasteiger partial charge in [0.1, 0.15) is 0 Å². The summed E-state index contributed by atoms with van der Waals surface area (Å²) in [5.74, 6) is 1.08. The van der Waals surface area contributed by atoms with Gasteiger partial charge in [0.2, 0.25) is 0 Å². The summed E-state index contributed by atoms with van der Waals surface area (Å²) in [5, 5.41) is 11.4. The van der Waals surface area contributed by atoms with Crippen molar-refractivity contribution in [3.63, 3.8) is 0 Å². The van der Waals surface area contributed by atoms with Gasteiger partial charge in [-0.15, -0.1) is 0 Å². The Hall–Kier alpha value is -3.08. The van der Waals surface area contributed by atoms with E-state index >= 15 is 0 Å². The Morgan fingerprint density at radius 3 is 2.07 bits per heavy atom. The standard InChI is InChI=1S/C25H33N5/c1-5-26-25(27-17-16-23-19(2)29-30(4)20(23)3)28-18-24(21-12-8-6-9-13-21)22-14-10-7-11-15-22/h6-15,24H,5,16-18H2,1-4H3,(H2,26,27,28). The highest BCUT2D eigenvalue weighted by Gasteiger charge is 2.14. The molecule has 0 amide bonds. The van der Waals surface area contributed by atoms with Crippen molar-refractivity contribution in [3.05, 3.63) is 88.7 Å². The number of aryl methyl sites for hydroxylation is 2. The van der Waals surface area contributed by atoms with Gasteiger partial charge < -0.3 is 10.6 Å². The molecule has 3 rings (SSSR count). The lowest BCUT2D eigenvalue weighted by Gasteiger charge is -2.18. The lowest BCUT2D eigenvalue weighted by Crippen LogP contribution is -2.38. The summed E-state index contributed by atoms with van der Waals surface area (Å²) in [5.41, 5.74) is 6.21. The molecule has 5 nitrogen and oxygen atoms in total. The van der Waals surface area contributed by atoms with Crippen molar-refractivity contribution in [2.45, 2.75) is 33.1 Å². The van der Waals surface area contributed by atoms with Crippen LogP contribution in [0.4, 0.5) is 0 Å². The molecule has 3 aromatic rings. The molecule has 5 heteroatoms. The Balaban J connectivity index is 1.71. The van der Waals surface area contributed by atoms with Crippen molar-refractivity contribution < 1.29 is 0 Å². The number of hydrogen-bond acceptors (Lipinski definition) is 2. The Kier molecular flexibility index (Phi) is 7.66. The molecule has 30 heavy (non-hydrogen) atoms. The molecular formula is C25H33N5. The lowest BCUT2D eigenvalue weighted by molar-refractivity contribution is 0.728. The van der Waals surface area contributed by atoms with Gasteiger partial charge in [0, 0.05) is 31.7 Å². The van der Waals surface area contributed by atoms with Crippen molar-refractivity contribution >= 4 is 5.96 Å². The third-order valence-electron chi connectivity index (χ3n) is 5.51. The number of nitrogens with one attached hydrogen (secondary N) is 2. The van der Waals surface area contributed by atoms with E-state index in [0.717, 1.165) is 31.2 Å². The first-order chi connectivity index (χ1) is 14.6. The average molecular weight is 404 g/mol. The smallest absolute Gasteiger partial charge is 0.191 e. The fourth-order valence-electron chi connectivity index (χ4n) is 3.78. The van der Waals surface area contributed by atoms with E-state index < -0.39 is 0 Å². The van der Waals surface area contributed by atoms with Gasteiger partial charge in [-0.2, -0.15) is 5.10 Å². The molecule has 0 aliphatic rings. The van der Waals surface area contributed by atoms with E-state index in [0.29, 0.717) is 6.54 Å². The summed E-state index contributed by atoms with van der Waals surface area (Å²) in [7, 11) is 2.00. The van der Waals surface area contributed by atoms with Gasteiger partial charge in [-0.1, -0.05) is 60.7 Å². The summed E-state index contributed by atoms with van der Waals surface area (Å²) in [6.45, 7) is 8.64. The molecule has 0 atom stereocenters. The summed E-state index contributed by atoms with van der Waals surface area (Å²) in [4.78, 5) is 4.92. The lowest BCUT2D eigenvalue weighted by atomic mass is 9.91. The fourth-order valence-corrected chi connectivity index (χ4v) is 3.78. The van der Waals surface area contributed by atoms with Crippen LogP contribution in [0.1, 0.15) is 40.9 Å². The monoisotopic (exact) mass is 403 g/mol. The number of aromatic nitrogens is 2. The molecule has 0 fully saturated rings. The van der Waals surface area contributed by atoms with Gasteiger partial charge in [0.15, 0.2) is 5.96 Å². The van der Waals surface area contributed by atoms with E-state index in [9.17, 15) is 0 Å². The second kappa shape index (κ2) is 10.6. The van der Waals surface area contributed by atoms with Crippen molar-refractivity contribution in [3.8, 4) is 0 Å². The van der Waals surface area contributed by atoms with Gasteiger partial charge in [-0.05, 0) is 43.9 Å². The van der Waals surface area contributed by atoms with Crippen molar-refractivity contribution in [2.75, 3.05) is 19.6 Å². The number of nitrogens with zero attached hydrogens (tertiary/aromatic N) is 3. The zero-order valence-corrected chi connectivity index (χ0v) is 18.5. The van der Waals surface area contributed by atoms with Crippen molar-refractivity contribution in [1.82, 2.24) is 20.4 Å². The highest BCUT2D eigenvalue weighted by Crippen LogP contribution is 2.24. The quantitative estimate of drug-likeness (QED) is 0.442. The van der Waals surface area contributed by atoms with Crippen LogP contribution in [-0.4, -0.2) is 35.4 Å². The molecule has 0 unspecified atom stereocenters. The summed E-state index contributed by atoms with van der Waals surface area (Å²) >= 11 is 0. The van der Waals surface area contributed by atoms with Crippen LogP contribution < -0.4 is 10.6 Å². The van der Waals surface area contributed by atoms with Crippen LogP contribution in [0, 0.1) is 13.8 Å². The van der Waals surface area contributed by atoms with E-state index in [4.69, 9.17) is 4.99 Å². The molecule has 0 aliphatic heterocycles. The highest BCUT2D eigenvalue weighted by molar-refractivity contribution is 5.79. The molecule has 2 aromatic carbocycles. The van der Waals surface area contributed by atoms with Crippen LogP contribution in [0.5, 0.6) is 0 Å². The molecule has 0 spiro atoms. The summed E-state index contributed by atoms with van der Waals surface area (Å²) in [6.07, 6.45) is 0.927. The van der Waals surface area contributed by atoms with Gasteiger partial charge in [-0.25, -0.2) is 0 Å². The molecule has 0 aliphatic carbocycles. The Morgan fingerprint density at radius 2 is 1.57 bits per heavy atom. The number of guanidine groups is 1. The normalized spacial score (nSPS) is 11.7. The van der Waals surface area contributed by atoms with Gasteiger partial charge in [-0.3, -0.25) is 9.67 Å². The van der Waals surface area contributed by atoms with Crippen LogP contribution in [0.15, 0.2) is 65.7 Å². The van der Waals surface area contributed by atoms with Crippen LogP contribution in [-0.2, 0) is 13.5 Å². The summed E-state index contributed by atoms with van der Waals surface area (Å²) < 4.78 is 1.95. The van der Waals surface area contributed by atoms with Crippen LogP contribution in [0.2, 0.25) is 0 Å². The molecule has 1 heterocycles. The molecule has 0 radical (unpaired) electrons. The van der Waals surface area contributed by atoms with E-state index in [2.05, 4.69) is 97.2 Å². The number of aliphatic imine (C=N–C) groups is 1. The summed E-state index contributed by atoms with van der Waals surface area (Å²) in [6, 6.07) is 21.2. The number of rotatable bonds is 8. The molecule has 0 bridgehead atoms. The third kappa shape index (κ3) is 5.50. The zero-order valence-electron chi connectivity index (χ0n) is 18.5. The second-order valence-corrected chi connectivity index (χ2v) is 7.54. The van der Waals surface area contributed by atoms with E-state index in [-0.39, 0.29) is 5.92 Å². The predicted molar refractivity (Wildman–Crippen MR) is 125 cm³/mol. The minimum absolute atomic E-state index is 0.227. The van der Waals surface area contributed by atoms with E-state index in [1.807, 2.05) is 11.7 Å².